The highest BCUT2D eigenvalue weighted by Crippen LogP contribution is 2.36. The Morgan fingerprint density at radius 1 is 1.29 bits per heavy atom. The van der Waals surface area contributed by atoms with Crippen molar-refractivity contribution in [2.24, 2.45) is 0 Å². The monoisotopic (exact) mass is 246 g/mol. The Bertz CT molecular complexity index is 429. The van der Waals surface area contributed by atoms with E-state index in [1.165, 1.54) is 16.0 Å². The Balaban J connectivity index is 3.11. The number of aldehydes is 1. The lowest BCUT2D eigenvalue weighted by atomic mass is 10.1. The minimum Gasteiger partial charge on any atom is -0.297 e. The minimum absolute atomic E-state index is 0.761. The third kappa shape index (κ3) is 3.90. The van der Waals surface area contributed by atoms with Gasteiger partial charge < -0.3 is 0 Å². The van der Waals surface area contributed by atoms with E-state index in [0.717, 1.165) is 17.6 Å². The van der Waals surface area contributed by atoms with E-state index < -0.39 is 0 Å². The van der Waals surface area contributed by atoms with Crippen LogP contribution in [0.5, 0.6) is 0 Å². The lowest BCUT2D eigenvalue weighted by molar-refractivity contribution is -0.104. The molecule has 1 aromatic rings. The van der Waals surface area contributed by atoms with Crippen molar-refractivity contribution in [3.63, 3.8) is 0 Å². The molecule has 0 bridgehead atoms. The van der Waals surface area contributed by atoms with Crippen LogP contribution in [-0.2, 0) is 4.79 Å². The summed E-state index contributed by atoms with van der Waals surface area (Å²) >= 11 is 1.55. The van der Waals surface area contributed by atoms with Gasteiger partial charge in [0.25, 0.3) is 0 Å². The lowest BCUT2D eigenvalue weighted by Gasteiger charge is -2.11. The molecule has 0 N–H and O–H groups in total. The molecule has 0 heterocycles. The number of thioether (sulfide) groups is 1. The zero-order valence-corrected chi connectivity index (χ0v) is 11.4. The third-order valence-electron chi connectivity index (χ3n) is 2.57. The summed E-state index contributed by atoms with van der Waals surface area (Å²) in [5.41, 5.74) is 2.49. The van der Waals surface area contributed by atoms with Crippen LogP contribution >= 0.6 is 11.8 Å². The van der Waals surface area contributed by atoms with E-state index in [0.29, 0.717) is 0 Å². The van der Waals surface area contributed by atoms with Crippen molar-refractivity contribution >= 4 is 23.0 Å². The van der Waals surface area contributed by atoms with Crippen LogP contribution in [0.3, 0.4) is 0 Å². The molecule has 0 aliphatic rings. The molecular formula is C15H18OS. The first-order valence-corrected chi connectivity index (χ1v) is 6.59. The molecule has 0 spiro atoms. The molecule has 1 aromatic carbocycles. The maximum atomic E-state index is 10.9. The Morgan fingerprint density at radius 2 is 1.94 bits per heavy atom. The molecule has 90 valence electrons. The van der Waals surface area contributed by atoms with Crippen LogP contribution in [0.15, 0.2) is 46.9 Å². The van der Waals surface area contributed by atoms with Crippen molar-refractivity contribution < 1.29 is 4.79 Å². The number of carbonyl (C=O) groups is 1. The van der Waals surface area contributed by atoms with Crippen molar-refractivity contribution in [3.05, 3.63) is 52.4 Å². The van der Waals surface area contributed by atoms with E-state index in [-0.39, 0.29) is 0 Å². The van der Waals surface area contributed by atoms with Gasteiger partial charge >= 0.3 is 0 Å². The van der Waals surface area contributed by atoms with Crippen molar-refractivity contribution in [3.8, 4) is 0 Å². The fourth-order valence-corrected chi connectivity index (χ4v) is 2.39. The van der Waals surface area contributed by atoms with E-state index >= 15 is 0 Å². The number of hydrogen-bond acceptors (Lipinski definition) is 2. The predicted octanol–water partition coefficient (Wildman–Crippen LogP) is 4.66. The molecule has 0 aliphatic carbocycles. The molecule has 2 heteroatoms. The van der Waals surface area contributed by atoms with Crippen LogP contribution in [-0.4, -0.2) is 6.29 Å². The Morgan fingerprint density at radius 3 is 2.41 bits per heavy atom. The Labute approximate surface area is 108 Å². The molecule has 1 rings (SSSR count). The van der Waals surface area contributed by atoms with Gasteiger partial charge in [0.2, 0.25) is 0 Å². The largest absolute Gasteiger partial charge is 0.297 e. The van der Waals surface area contributed by atoms with E-state index in [1.807, 2.05) is 31.2 Å². The van der Waals surface area contributed by atoms with E-state index in [9.17, 15) is 4.79 Å². The normalized spacial score (nSPS) is 13.2. The molecule has 0 atom stereocenters. The first-order valence-electron chi connectivity index (χ1n) is 5.77. The van der Waals surface area contributed by atoms with Crippen LogP contribution in [0.2, 0.25) is 0 Å². The molecule has 1 nitrogen and oxygen atoms in total. The SMILES string of the molecule is C/C=C(/C=O)SC(=C(C)CC)c1ccccc1. The van der Waals surface area contributed by atoms with Gasteiger partial charge in [-0.1, -0.05) is 60.7 Å². The zero-order valence-electron chi connectivity index (χ0n) is 10.6. The molecule has 17 heavy (non-hydrogen) atoms. The molecular weight excluding hydrogens is 228 g/mol. The summed E-state index contributed by atoms with van der Waals surface area (Å²) in [5.74, 6) is 0. The van der Waals surface area contributed by atoms with E-state index in [1.54, 1.807) is 11.8 Å². The summed E-state index contributed by atoms with van der Waals surface area (Å²) in [6, 6.07) is 10.2. The quantitative estimate of drug-likeness (QED) is 0.555. The maximum Gasteiger partial charge on any atom is 0.156 e. The van der Waals surface area contributed by atoms with Gasteiger partial charge in [0.05, 0.1) is 0 Å². The van der Waals surface area contributed by atoms with Crippen LogP contribution in [0.1, 0.15) is 32.8 Å². The molecule has 0 amide bonds. The molecule has 0 fully saturated rings. The van der Waals surface area contributed by atoms with E-state index in [2.05, 4.69) is 26.0 Å². The van der Waals surface area contributed by atoms with Crippen LogP contribution in [0.4, 0.5) is 0 Å². The van der Waals surface area contributed by atoms with Crippen molar-refractivity contribution in [2.75, 3.05) is 0 Å². The standard InChI is InChI=1S/C15H18OS/c1-4-12(3)15(17-14(5-2)11-16)13-9-7-6-8-10-13/h5-11H,4H2,1-3H3/b14-5-,15-12?. The van der Waals surface area contributed by atoms with Crippen LogP contribution < -0.4 is 0 Å². The average Bonchev–Trinajstić information content (AvgIpc) is 2.40. The van der Waals surface area contributed by atoms with E-state index in [4.69, 9.17) is 0 Å². The highest BCUT2D eigenvalue weighted by molar-refractivity contribution is 8.12. The van der Waals surface area contributed by atoms with Crippen molar-refractivity contribution in [2.45, 2.75) is 27.2 Å². The summed E-state index contributed by atoms with van der Waals surface area (Å²) in [6.07, 6.45) is 3.76. The summed E-state index contributed by atoms with van der Waals surface area (Å²) in [6.45, 7) is 6.14. The van der Waals surface area contributed by atoms with Gasteiger partial charge in [-0.05, 0) is 25.8 Å². The number of benzene rings is 1. The number of carbonyl (C=O) groups excluding carboxylic acids is 1. The second kappa shape index (κ2) is 7.13. The molecule has 0 radical (unpaired) electrons. The Kier molecular flexibility index (Phi) is 5.78. The maximum absolute atomic E-state index is 10.9. The average molecular weight is 246 g/mol. The lowest BCUT2D eigenvalue weighted by Crippen LogP contribution is -1.87. The summed E-state index contributed by atoms with van der Waals surface area (Å²) in [4.78, 5) is 12.9. The van der Waals surface area contributed by atoms with Gasteiger partial charge in [-0.3, -0.25) is 4.79 Å². The predicted molar refractivity (Wildman–Crippen MR) is 76.7 cm³/mol. The molecule has 0 saturated carbocycles. The summed E-state index contributed by atoms with van der Waals surface area (Å²) in [5, 5.41) is 0. The van der Waals surface area contributed by atoms with Crippen LogP contribution in [0, 0.1) is 0 Å². The fourth-order valence-electron chi connectivity index (χ4n) is 1.41. The number of allylic oxidation sites excluding steroid dienone is 3. The van der Waals surface area contributed by atoms with Gasteiger partial charge in [-0.15, -0.1) is 0 Å². The molecule has 0 unspecified atom stereocenters. The molecule has 0 aromatic heterocycles. The van der Waals surface area contributed by atoms with Crippen LogP contribution in [0.25, 0.3) is 4.91 Å². The van der Waals surface area contributed by atoms with Gasteiger partial charge in [-0.2, -0.15) is 0 Å². The molecule has 0 saturated heterocycles. The van der Waals surface area contributed by atoms with Gasteiger partial charge in [-0.25, -0.2) is 0 Å². The minimum atomic E-state index is 0.761. The third-order valence-corrected chi connectivity index (χ3v) is 3.93. The fraction of sp³-hybridized carbons (Fsp3) is 0.267. The second-order valence-corrected chi connectivity index (χ2v) is 4.82. The first kappa shape index (κ1) is 13.8. The highest BCUT2D eigenvalue weighted by Gasteiger charge is 2.08. The zero-order chi connectivity index (χ0) is 12.7. The van der Waals surface area contributed by atoms with Crippen molar-refractivity contribution in [1.82, 2.24) is 0 Å². The molecule has 0 aliphatic heterocycles. The first-order chi connectivity index (χ1) is 8.22. The number of hydrogen-bond donors (Lipinski definition) is 0. The highest BCUT2D eigenvalue weighted by atomic mass is 32.2. The summed E-state index contributed by atoms with van der Waals surface area (Å²) in [7, 11) is 0. The van der Waals surface area contributed by atoms with Crippen molar-refractivity contribution in [1.29, 1.82) is 0 Å². The van der Waals surface area contributed by atoms with Gasteiger partial charge in [0.1, 0.15) is 0 Å². The smallest absolute Gasteiger partial charge is 0.156 e. The van der Waals surface area contributed by atoms with Gasteiger partial charge in [0, 0.05) is 9.81 Å². The topological polar surface area (TPSA) is 17.1 Å². The Hall–Kier alpha value is -1.28. The summed E-state index contributed by atoms with van der Waals surface area (Å²) < 4.78 is 0. The second-order valence-electron chi connectivity index (χ2n) is 3.74. The number of rotatable bonds is 5. The van der Waals surface area contributed by atoms with Gasteiger partial charge in [0.15, 0.2) is 6.29 Å².